The second-order valence-corrected chi connectivity index (χ2v) is 9.08. The molecule has 2 heterocycles. The van der Waals surface area contributed by atoms with Crippen LogP contribution in [0, 0.1) is 0 Å². The van der Waals surface area contributed by atoms with E-state index in [0.717, 1.165) is 5.52 Å². The predicted octanol–water partition coefficient (Wildman–Crippen LogP) is 2.18. The van der Waals surface area contributed by atoms with Gasteiger partial charge in [0, 0.05) is 48.8 Å². The highest BCUT2D eigenvalue weighted by Crippen LogP contribution is 2.31. The molecule has 4 aromatic rings. The summed E-state index contributed by atoms with van der Waals surface area (Å²) in [5, 5.41) is 0. The summed E-state index contributed by atoms with van der Waals surface area (Å²) in [7, 11) is 1.62. The minimum Gasteiger partial charge on any atom is -0.491 e. The van der Waals surface area contributed by atoms with Crippen LogP contribution in [0.5, 0.6) is 5.75 Å². The molecule has 0 spiro atoms. The second kappa shape index (κ2) is 10.9. The van der Waals surface area contributed by atoms with E-state index in [0.29, 0.717) is 71.0 Å². The highest BCUT2D eigenvalue weighted by atomic mass is 79.9. The SMILES string of the molecule is COCCCOc1cc(C(N)=O)cc2nc(N)n(CC=CCn3c(N)nc4cc(C(N)=O)cc(Br)c43)c12. The van der Waals surface area contributed by atoms with Crippen molar-refractivity contribution in [2.24, 2.45) is 11.5 Å². The van der Waals surface area contributed by atoms with Crippen LogP contribution in [-0.2, 0) is 17.8 Å². The maximum absolute atomic E-state index is 11.8. The highest BCUT2D eigenvalue weighted by molar-refractivity contribution is 9.10. The molecule has 2 amide bonds. The molecule has 2 aromatic heterocycles. The van der Waals surface area contributed by atoms with Gasteiger partial charge < -0.3 is 41.5 Å². The summed E-state index contributed by atoms with van der Waals surface area (Å²) in [4.78, 5) is 32.1. The number of fused-ring (bicyclic) bond motifs is 2. The Morgan fingerprint density at radius 2 is 1.43 bits per heavy atom. The lowest BCUT2D eigenvalue weighted by Gasteiger charge is -2.11. The summed E-state index contributed by atoms with van der Waals surface area (Å²) in [6, 6.07) is 6.42. The third-order valence-electron chi connectivity index (χ3n) is 5.72. The van der Waals surface area contributed by atoms with Gasteiger partial charge >= 0.3 is 0 Å². The number of hydrogen-bond donors (Lipinski definition) is 4. The van der Waals surface area contributed by atoms with Crippen LogP contribution in [0.3, 0.4) is 0 Å². The van der Waals surface area contributed by atoms with E-state index >= 15 is 0 Å². The number of rotatable bonds is 11. The number of nitrogens with two attached hydrogens (primary N) is 4. The number of allylic oxidation sites excluding steroid dienone is 2. The highest BCUT2D eigenvalue weighted by Gasteiger charge is 2.17. The first kappa shape index (κ1) is 26.0. The third-order valence-corrected chi connectivity index (χ3v) is 6.33. The number of carbonyl (C=O) groups excluding carboxylic acids is 2. The Bertz CT molecular complexity index is 1520. The Morgan fingerprint density at radius 1 is 0.892 bits per heavy atom. The van der Waals surface area contributed by atoms with Crippen LogP contribution in [0.1, 0.15) is 27.1 Å². The molecular formula is C24H27BrN8O4. The number of amides is 2. The number of anilines is 2. The molecular weight excluding hydrogens is 544 g/mol. The number of methoxy groups -OCH3 is 1. The van der Waals surface area contributed by atoms with Gasteiger partial charge in [0.05, 0.1) is 23.2 Å². The van der Waals surface area contributed by atoms with E-state index in [9.17, 15) is 9.59 Å². The Labute approximate surface area is 220 Å². The summed E-state index contributed by atoms with van der Waals surface area (Å²) in [5.41, 5.74) is 26.3. The second-order valence-electron chi connectivity index (χ2n) is 8.22. The molecule has 4 rings (SSSR count). The lowest BCUT2D eigenvalue weighted by molar-refractivity contribution is 0.0991. The first-order valence-electron chi connectivity index (χ1n) is 11.3. The maximum Gasteiger partial charge on any atom is 0.248 e. The predicted molar refractivity (Wildman–Crippen MR) is 144 cm³/mol. The van der Waals surface area contributed by atoms with Gasteiger partial charge in [-0.3, -0.25) is 9.59 Å². The summed E-state index contributed by atoms with van der Waals surface area (Å²) >= 11 is 3.48. The van der Waals surface area contributed by atoms with Crippen molar-refractivity contribution in [3.05, 3.63) is 52.0 Å². The average molecular weight is 571 g/mol. The topological polar surface area (TPSA) is 192 Å². The minimum atomic E-state index is -0.587. The Morgan fingerprint density at radius 3 is 2.00 bits per heavy atom. The molecule has 0 fully saturated rings. The number of imidazole rings is 2. The van der Waals surface area contributed by atoms with Crippen molar-refractivity contribution in [1.82, 2.24) is 19.1 Å². The zero-order valence-corrected chi connectivity index (χ0v) is 21.7. The van der Waals surface area contributed by atoms with Crippen LogP contribution < -0.4 is 27.7 Å². The van der Waals surface area contributed by atoms with Crippen LogP contribution in [0.4, 0.5) is 11.9 Å². The molecule has 0 unspecified atom stereocenters. The van der Waals surface area contributed by atoms with Gasteiger partial charge in [0.15, 0.2) is 0 Å². The van der Waals surface area contributed by atoms with Crippen molar-refractivity contribution in [1.29, 1.82) is 0 Å². The van der Waals surface area contributed by atoms with Crippen molar-refractivity contribution in [2.45, 2.75) is 19.5 Å². The fourth-order valence-corrected chi connectivity index (χ4v) is 4.66. The van der Waals surface area contributed by atoms with Crippen LogP contribution in [-0.4, -0.2) is 51.2 Å². The molecule has 13 heteroatoms. The Hall–Kier alpha value is -4.10. The first-order chi connectivity index (χ1) is 17.7. The molecule has 8 N–H and O–H groups in total. The Kier molecular flexibility index (Phi) is 7.64. The monoisotopic (exact) mass is 570 g/mol. The number of benzene rings is 2. The first-order valence-corrected chi connectivity index (χ1v) is 12.1. The molecule has 0 aliphatic heterocycles. The molecule has 37 heavy (non-hydrogen) atoms. The zero-order chi connectivity index (χ0) is 26.7. The normalized spacial score (nSPS) is 11.6. The lowest BCUT2D eigenvalue weighted by Crippen LogP contribution is -2.12. The number of carbonyl (C=O) groups is 2. The number of nitrogens with zero attached hydrogens (tertiary/aromatic N) is 4. The minimum absolute atomic E-state index is 0.261. The standard InChI is InChI=1S/C24H27BrN8O4/c1-36-7-4-8-37-18-12-14(22(27)35)11-17-20(18)33(24(29)31-17)6-3-2-5-32-19-15(25)9-13(21(26)34)10-16(19)30-23(32)28/h2-3,9-12H,4-8H2,1H3,(H2,26,34)(H2,27,35)(H2,28,30)(H2,29,31). The Balaban J connectivity index is 1.61. The molecule has 0 atom stereocenters. The van der Waals surface area contributed by atoms with Gasteiger partial charge in [-0.05, 0) is 40.2 Å². The van der Waals surface area contributed by atoms with Gasteiger partial charge in [-0.25, -0.2) is 9.97 Å². The number of primary amides is 2. The summed E-state index contributed by atoms with van der Waals surface area (Å²) in [6.45, 7) is 1.71. The molecule has 0 aliphatic carbocycles. The number of ether oxygens (including phenoxy) is 2. The van der Waals surface area contributed by atoms with Crippen molar-refractivity contribution < 1.29 is 19.1 Å². The summed E-state index contributed by atoms with van der Waals surface area (Å²) in [5.74, 6) is -0.127. The van der Waals surface area contributed by atoms with Crippen molar-refractivity contribution in [3.63, 3.8) is 0 Å². The molecule has 12 nitrogen and oxygen atoms in total. The van der Waals surface area contributed by atoms with E-state index in [1.165, 1.54) is 0 Å². The lowest BCUT2D eigenvalue weighted by atomic mass is 10.1. The molecule has 194 valence electrons. The third kappa shape index (κ3) is 5.37. The molecule has 0 saturated carbocycles. The average Bonchev–Trinajstić information content (AvgIpc) is 3.34. The molecule has 0 saturated heterocycles. The molecule has 0 radical (unpaired) electrons. The molecule has 0 bridgehead atoms. The van der Waals surface area contributed by atoms with E-state index < -0.39 is 11.8 Å². The van der Waals surface area contributed by atoms with E-state index in [2.05, 4.69) is 25.9 Å². The van der Waals surface area contributed by atoms with Gasteiger partial charge in [-0.2, -0.15) is 0 Å². The number of aromatic nitrogens is 4. The number of halogens is 1. The van der Waals surface area contributed by atoms with E-state index in [1.54, 1.807) is 40.5 Å². The fraction of sp³-hybridized carbons (Fsp3) is 0.250. The van der Waals surface area contributed by atoms with Gasteiger partial charge in [0.1, 0.15) is 11.3 Å². The van der Waals surface area contributed by atoms with Gasteiger partial charge in [-0.1, -0.05) is 12.2 Å². The van der Waals surface area contributed by atoms with Crippen LogP contribution >= 0.6 is 15.9 Å². The van der Waals surface area contributed by atoms with Gasteiger partial charge in [-0.15, -0.1) is 0 Å². The fourth-order valence-electron chi connectivity index (χ4n) is 3.99. The summed E-state index contributed by atoms with van der Waals surface area (Å²) in [6.07, 6.45) is 4.48. The molecule has 0 aliphatic rings. The van der Waals surface area contributed by atoms with Crippen molar-refractivity contribution in [2.75, 3.05) is 31.8 Å². The largest absolute Gasteiger partial charge is 0.491 e. The van der Waals surface area contributed by atoms with Gasteiger partial charge in [0.2, 0.25) is 23.7 Å². The zero-order valence-electron chi connectivity index (χ0n) is 20.1. The summed E-state index contributed by atoms with van der Waals surface area (Å²) < 4.78 is 15.3. The van der Waals surface area contributed by atoms with Crippen molar-refractivity contribution >= 4 is 61.7 Å². The van der Waals surface area contributed by atoms with Crippen LogP contribution in [0.2, 0.25) is 0 Å². The number of hydrogen-bond acceptors (Lipinski definition) is 8. The number of nitrogen functional groups attached to an aromatic ring is 2. The van der Waals surface area contributed by atoms with Gasteiger partial charge in [0.25, 0.3) is 0 Å². The van der Waals surface area contributed by atoms with Crippen LogP contribution in [0.25, 0.3) is 22.1 Å². The smallest absolute Gasteiger partial charge is 0.248 e. The van der Waals surface area contributed by atoms with E-state index in [4.69, 9.17) is 32.4 Å². The van der Waals surface area contributed by atoms with E-state index in [1.807, 2.05) is 12.2 Å². The van der Waals surface area contributed by atoms with Crippen LogP contribution in [0.15, 0.2) is 40.9 Å². The maximum atomic E-state index is 11.8. The molecule has 2 aromatic carbocycles. The van der Waals surface area contributed by atoms with E-state index in [-0.39, 0.29) is 11.5 Å². The van der Waals surface area contributed by atoms with Crippen molar-refractivity contribution in [3.8, 4) is 5.75 Å². The quantitative estimate of drug-likeness (QED) is 0.155.